The molecule has 3 heterocycles. The molecule has 0 saturated carbocycles. The van der Waals surface area contributed by atoms with Gasteiger partial charge in [-0.3, -0.25) is 19.4 Å². The molecule has 2 saturated heterocycles. The summed E-state index contributed by atoms with van der Waals surface area (Å²) in [6.45, 7) is 4.04. The Morgan fingerprint density at radius 2 is 1.88 bits per heavy atom. The number of amides is 2. The number of likely N-dealkylation sites (tertiary alicyclic amines) is 1. The molecule has 2 fully saturated rings. The molecule has 26 heavy (non-hydrogen) atoms. The van der Waals surface area contributed by atoms with Gasteiger partial charge < -0.3 is 4.90 Å². The first-order chi connectivity index (χ1) is 12.2. The second-order valence-corrected chi connectivity index (χ2v) is 6.65. The van der Waals surface area contributed by atoms with E-state index in [1.807, 2.05) is 4.90 Å². The topological polar surface area (TPSA) is 56.8 Å². The Morgan fingerprint density at radius 3 is 2.38 bits per heavy atom. The van der Waals surface area contributed by atoms with Gasteiger partial charge in [0, 0.05) is 38.9 Å². The minimum Gasteiger partial charge on any atom is -0.353 e. The zero-order valence-corrected chi connectivity index (χ0v) is 14.8. The lowest BCUT2D eigenvalue weighted by Gasteiger charge is -2.37. The summed E-state index contributed by atoms with van der Waals surface area (Å²) in [5.74, 6) is -0.0580. The van der Waals surface area contributed by atoms with E-state index in [0.29, 0.717) is 38.5 Å². The highest BCUT2D eigenvalue weighted by Gasteiger charge is 2.42. The molecule has 0 aromatic carbocycles. The number of nitrogens with zero attached hydrogens (tertiary/aromatic N) is 4. The maximum atomic E-state index is 12.7. The van der Waals surface area contributed by atoms with Crippen molar-refractivity contribution in [2.75, 3.05) is 37.6 Å². The predicted molar refractivity (Wildman–Crippen MR) is 88.8 cm³/mol. The predicted octanol–water partition coefficient (Wildman–Crippen LogP) is 2.02. The molecule has 0 unspecified atom stereocenters. The lowest BCUT2D eigenvalue weighted by atomic mass is 10.1. The number of carbonyl (C=O) groups excluding carboxylic acids is 2. The summed E-state index contributed by atoms with van der Waals surface area (Å²) in [5, 5.41) is -0.0578. The van der Waals surface area contributed by atoms with Crippen LogP contribution in [0.2, 0.25) is 5.02 Å². The highest BCUT2D eigenvalue weighted by molar-refractivity contribution is 6.33. The van der Waals surface area contributed by atoms with Crippen molar-refractivity contribution in [3.8, 4) is 0 Å². The molecule has 2 aliphatic rings. The van der Waals surface area contributed by atoms with Crippen LogP contribution in [0.3, 0.4) is 0 Å². The van der Waals surface area contributed by atoms with E-state index in [1.54, 1.807) is 11.8 Å². The van der Waals surface area contributed by atoms with Crippen molar-refractivity contribution in [1.29, 1.82) is 0 Å². The van der Waals surface area contributed by atoms with E-state index in [2.05, 4.69) is 4.98 Å². The number of carbonyl (C=O) groups is 2. The summed E-state index contributed by atoms with van der Waals surface area (Å²) >= 11 is 5.99. The van der Waals surface area contributed by atoms with Crippen molar-refractivity contribution < 1.29 is 22.8 Å². The van der Waals surface area contributed by atoms with E-state index in [0.717, 1.165) is 12.3 Å². The van der Waals surface area contributed by atoms with Gasteiger partial charge in [-0.2, -0.15) is 13.2 Å². The summed E-state index contributed by atoms with van der Waals surface area (Å²) < 4.78 is 38.1. The van der Waals surface area contributed by atoms with Crippen molar-refractivity contribution in [2.45, 2.75) is 25.6 Å². The Bertz CT molecular complexity index is 720. The van der Waals surface area contributed by atoms with E-state index in [-0.39, 0.29) is 23.3 Å². The Kier molecular flexibility index (Phi) is 5.12. The number of rotatable bonds is 3. The van der Waals surface area contributed by atoms with Gasteiger partial charge in [0.15, 0.2) is 0 Å². The van der Waals surface area contributed by atoms with Gasteiger partial charge in [-0.25, -0.2) is 4.98 Å². The number of halogens is 4. The molecular weight excluding hydrogens is 373 g/mol. The van der Waals surface area contributed by atoms with Crippen molar-refractivity contribution in [3.63, 3.8) is 0 Å². The molecule has 2 amide bonds. The molecule has 142 valence electrons. The SMILES string of the molecule is CCN1C(=O)C[C@@H](N2CCN(c3ncc(C(F)(F)F)cc3Cl)CC2)C1=O. The number of hydrogen-bond donors (Lipinski definition) is 0. The number of hydrogen-bond acceptors (Lipinski definition) is 5. The third kappa shape index (κ3) is 3.50. The van der Waals surface area contributed by atoms with Gasteiger partial charge in [-0.1, -0.05) is 11.6 Å². The fourth-order valence-corrected chi connectivity index (χ4v) is 3.63. The molecule has 2 aliphatic heterocycles. The number of piperazine rings is 1. The average Bonchev–Trinajstić information content (AvgIpc) is 2.88. The highest BCUT2D eigenvalue weighted by Crippen LogP contribution is 2.34. The van der Waals surface area contributed by atoms with Crippen LogP contribution in [0.15, 0.2) is 12.3 Å². The summed E-state index contributed by atoms with van der Waals surface area (Å²) in [5.41, 5.74) is -0.889. The van der Waals surface area contributed by atoms with E-state index in [9.17, 15) is 22.8 Å². The smallest absolute Gasteiger partial charge is 0.353 e. The molecule has 10 heteroatoms. The second-order valence-electron chi connectivity index (χ2n) is 6.25. The number of aromatic nitrogens is 1. The van der Waals surface area contributed by atoms with Crippen LogP contribution in [-0.2, 0) is 15.8 Å². The molecular formula is C16H18ClF3N4O2. The highest BCUT2D eigenvalue weighted by atomic mass is 35.5. The largest absolute Gasteiger partial charge is 0.417 e. The molecule has 1 aromatic rings. The molecule has 0 N–H and O–H groups in total. The zero-order valence-electron chi connectivity index (χ0n) is 14.1. The van der Waals surface area contributed by atoms with Gasteiger partial charge in [-0.05, 0) is 13.0 Å². The number of alkyl halides is 3. The Balaban J connectivity index is 1.66. The fraction of sp³-hybridized carbons (Fsp3) is 0.562. The van der Waals surface area contributed by atoms with Gasteiger partial charge in [0.25, 0.3) is 0 Å². The Labute approximate surface area is 153 Å². The number of anilines is 1. The minimum atomic E-state index is -4.49. The van der Waals surface area contributed by atoms with Crippen LogP contribution < -0.4 is 4.90 Å². The molecule has 0 aliphatic carbocycles. The van der Waals surface area contributed by atoms with Gasteiger partial charge in [0.2, 0.25) is 11.8 Å². The van der Waals surface area contributed by atoms with Crippen LogP contribution in [0.25, 0.3) is 0 Å². The molecule has 1 atom stereocenters. The van der Waals surface area contributed by atoms with Gasteiger partial charge in [0.1, 0.15) is 5.82 Å². The fourth-order valence-electron chi connectivity index (χ4n) is 3.35. The number of imide groups is 1. The van der Waals surface area contributed by atoms with Crippen molar-refractivity contribution in [1.82, 2.24) is 14.8 Å². The van der Waals surface area contributed by atoms with Gasteiger partial charge in [-0.15, -0.1) is 0 Å². The normalized spacial score (nSPS) is 22.4. The zero-order chi connectivity index (χ0) is 19.1. The Morgan fingerprint density at radius 1 is 1.23 bits per heavy atom. The van der Waals surface area contributed by atoms with Gasteiger partial charge in [0.05, 0.1) is 23.0 Å². The van der Waals surface area contributed by atoms with Crippen LogP contribution in [0.5, 0.6) is 0 Å². The average molecular weight is 391 g/mol. The number of likely N-dealkylation sites (N-methyl/N-ethyl adjacent to an activating group) is 1. The van der Waals surface area contributed by atoms with Crippen molar-refractivity contribution >= 4 is 29.2 Å². The first kappa shape index (κ1) is 18.9. The Hall–Kier alpha value is -1.87. The van der Waals surface area contributed by atoms with Crippen LogP contribution in [0, 0.1) is 0 Å². The summed E-state index contributed by atoms with van der Waals surface area (Å²) in [4.78, 5) is 33.0. The third-order valence-corrected chi connectivity index (χ3v) is 5.02. The minimum absolute atomic E-state index is 0.0578. The van der Waals surface area contributed by atoms with Crippen molar-refractivity contribution in [3.05, 3.63) is 22.8 Å². The maximum absolute atomic E-state index is 12.7. The van der Waals surface area contributed by atoms with Crippen molar-refractivity contribution in [2.24, 2.45) is 0 Å². The maximum Gasteiger partial charge on any atom is 0.417 e. The molecule has 3 rings (SSSR count). The first-order valence-electron chi connectivity index (χ1n) is 8.28. The van der Waals surface area contributed by atoms with E-state index < -0.39 is 17.8 Å². The van der Waals surface area contributed by atoms with Crippen LogP contribution >= 0.6 is 11.6 Å². The monoisotopic (exact) mass is 390 g/mol. The summed E-state index contributed by atoms with van der Waals surface area (Å²) in [7, 11) is 0. The molecule has 0 spiro atoms. The lowest BCUT2D eigenvalue weighted by Crippen LogP contribution is -2.52. The standard InChI is InChI=1S/C16H18ClF3N4O2/c1-2-24-13(25)8-12(15(24)26)22-3-5-23(6-4-22)14-11(17)7-10(9-21-14)16(18,19)20/h7,9,12H,2-6,8H2,1H3/t12-/m1/s1. The van der Waals surface area contributed by atoms with Gasteiger partial charge >= 0.3 is 6.18 Å². The van der Waals surface area contributed by atoms with E-state index in [1.165, 1.54) is 4.90 Å². The number of pyridine rings is 1. The first-order valence-corrected chi connectivity index (χ1v) is 8.66. The van der Waals surface area contributed by atoms with E-state index in [4.69, 9.17) is 11.6 Å². The molecule has 0 radical (unpaired) electrons. The van der Waals surface area contributed by atoms with Crippen LogP contribution in [-0.4, -0.2) is 65.4 Å². The molecule has 1 aromatic heterocycles. The third-order valence-electron chi connectivity index (χ3n) is 4.74. The molecule has 6 nitrogen and oxygen atoms in total. The van der Waals surface area contributed by atoms with Crippen LogP contribution in [0.4, 0.5) is 19.0 Å². The van der Waals surface area contributed by atoms with Crippen LogP contribution in [0.1, 0.15) is 18.9 Å². The summed E-state index contributed by atoms with van der Waals surface area (Å²) in [6, 6.07) is 0.412. The second kappa shape index (κ2) is 7.03. The quantitative estimate of drug-likeness (QED) is 0.739. The molecule has 0 bridgehead atoms. The van der Waals surface area contributed by atoms with E-state index >= 15 is 0 Å². The summed E-state index contributed by atoms with van der Waals surface area (Å²) in [6.07, 6.45) is -3.55. The lowest BCUT2D eigenvalue weighted by molar-refractivity contribution is -0.140.